The fourth-order valence-electron chi connectivity index (χ4n) is 0.707. The summed E-state index contributed by atoms with van der Waals surface area (Å²) in [5, 5.41) is 3.98. The molecule has 0 atom stereocenters. The van der Waals surface area contributed by atoms with Crippen molar-refractivity contribution in [1.29, 1.82) is 0 Å². The maximum Gasteiger partial charge on any atom is 0.146 e. The highest BCUT2D eigenvalue weighted by atomic mass is 16.7. The van der Waals surface area contributed by atoms with Crippen LogP contribution < -0.4 is 5.32 Å². The van der Waals surface area contributed by atoms with Crippen LogP contribution in [0.2, 0.25) is 0 Å². The third-order valence-electron chi connectivity index (χ3n) is 1.18. The molecule has 0 bridgehead atoms. The van der Waals surface area contributed by atoms with E-state index < -0.39 is 0 Å². The van der Waals surface area contributed by atoms with E-state index >= 15 is 0 Å². The predicted molar refractivity (Wildman–Crippen MR) is 41.2 cm³/mol. The molecule has 61 valence electrons. The van der Waals surface area contributed by atoms with Crippen LogP contribution in [0.15, 0.2) is 17.4 Å². The Morgan fingerprint density at radius 3 is 3.00 bits per heavy atom. The molecule has 0 aromatic heterocycles. The number of ether oxygens (including phenoxy) is 2. The van der Waals surface area contributed by atoms with Crippen LogP contribution in [0.5, 0.6) is 0 Å². The zero-order valence-corrected chi connectivity index (χ0v) is 6.49. The SMILES string of the molecule is COCOCCC1=NC=C[N]1. The van der Waals surface area contributed by atoms with Gasteiger partial charge in [0.1, 0.15) is 12.6 Å². The van der Waals surface area contributed by atoms with E-state index in [0.717, 1.165) is 12.3 Å². The van der Waals surface area contributed by atoms with Gasteiger partial charge < -0.3 is 9.47 Å². The molecule has 0 spiro atoms. The molecule has 11 heavy (non-hydrogen) atoms. The normalized spacial score (nSPS) is 14.8. The van der Waals surface area contributed by atoms with Gasteiger partial charge in [0, 0.05) is 25.9 Å². The molecule has 1 aliphatic heterocycles. The van der Waals surface area contributed by atoms with E-state index in [0.29, 0.717) is 13.4 Å². The third-order valence-corrected chi connectivity index (χ3v) is 1.18. The maximum absolute atomic E-state index is 5.05. The van der Waals surface area contributed by atoms with Gasteiger partial charge in [-0.3, -0.25) is 0 Å². The van der Waals surface area contributed by atoms with Crippen molar-refractivity contribution >= 4 is 5.84 Å². The Hall–Kier alpha value is -0.870. The van der Waals surface area contributed by atoms with Gasteiger partial charge in [0.25, 0.3) is 0 Å². The Bertz CT molecular complexity index is 166. The van der Waals surface area contributed by atoms with E-state index in [9.17, 15) is 0 Å². The van der Waals surface area contributed by atoms with Crippen molar-refractivity contribution in [2.45, 2.75) is 6.42 Å². The lowest BCUT2D eigenvalue weighted by Crippen LogP contribution is -2.10. The molecule has 4 nitrogen and oxygen atoms in total. The fraction of sp³-hybridized carbons (Fsp3) is 0.571. The minimum absolute atomic E-state index is 0.334. The number of amidine groups is 1. The first-order valence-electron chi connectivity index (χ1n) is 3.42. The van der Waals surface area contributed by atoms with Crippen molar-refractivity contribution in [2.24, 2.45) is 4.99 Å². The quantitative estimate of drug-likeness (QED) is 0.428. The van der Waals surface area contributed by atoms with Gasteiger partial charge in [-0.05, 0) is 0 Å². The molecule has 0 N–H and O–H groups in total. The summed E-state index contributed by atoms with van der Waals surface area (Å²) in [5.41, 5.74) is 0. The van der Waals surface area contributed by atoms with Gasteiger partial charge in [0.15, 0.2) is 0 Å². The minimum atomic E-state index is 0.334. The molecule has 0 saturated carbocycles. The Labute approximate surface area is 65.9 Å². The van der Waals surface area contributed by atoms with Crippen LogP contribution in [0.3, 0.4) is 0 Å². The monoisotopic (exact) mass is 155 g/mol. The lowest BCUT2D eigenvalue weighted by Gasteiger charge is -2.00. The molecule has 0 amide bonds. The zero-order valence-electron chi connectivity index (χ0n) is 6.49. The minimum Gasteiger partial charge on any atom is -0.359 e. The van der Waals surface area contributed by atoms with Gasteiger partial charge in [-0.25, -0.2) is 10.3 Å². The van der Waals surface area contributed by atoms with Crippen molar-refractivity contribution in [2.75, 3.05) is 20.5 Å². The van der Waals surface area contributed by atoms with Crippen molar-refractivity contribution in [3.63, 3.8) is 0 Å². The summed E-state index contributed by atoms with van der Waals surface area (Å²) in [4.78, 5) is 3.98. The first-order valence-corrected chi connectivity index (χ1v) is 3.42. The highest BCUT2D eigenvalue weighted by Gasteiger charge is 2.00. The molecule has 0 fully saturated rings. The Balaban J connectivity index is 1.95. The summed E-state index contributed by atoms with van der Waals surface area (Å²) < 4.78 is 9.75. The second-order valence-corrected chi connectivity index (χ2v) is 2.04. The highest BCUT2D eigenvalue weighted by Crippen LogP contribution is 1.94. The van der Waals surface area contributed by atoms with Gasteiger partial charge in [0.05, 0.1) is 6.61 Å². The first kappa shape index (κ1) is 8.23. The van der Waals surface area contributed by atoms with Crippen molar-refractivity contribution in [3.8, 4) is 0 Å². The predicted octanol–water partition coefficient (Wildman–Crippen LogP) is 0.485. The molecule has 1 radical (unpaired) electrons. The number of hydrogen-bond donors (Lipinski definition) is 0. The van der Waals surface area contributed by atoms with Gasteiger partial charge in [-0.2, -0.15) is 0 Å². The van der Waals surface area contributed by atoms with Crippen LogP contribution in [0.25, 0.3) is 0 Å². The number of methoxy groups -OCH3 is 1. The average Bonchev–Trinajstić information content (AvgIpc) is 2.50. The van der Waals surface area contributed by atoms with Crippen LogP contribution in [0.4, 0.5) is 0 Å². The molecular weight excluding hydrogens is 144 g/mol. The fourth-order valence-corrected chi connectivity index (χ4v) is 0.707. The Morgan fingerprint density at radius 1 is 1.45 bits per heavy atom. The third kappa shape index (κ3) is 3.15. The highest BCUT2D eigenvalue weighted by molar-refractivity contribution is 5.84. The summed E-state index contributed by atoms with van der Waals surface area (Å²) in [5.74, 6) is 0.820. The molecule has 0 unspecified atom stereocenters. The van der Waals surface area contributed by atoms with E-state index in [1.54, 1.807) is 19.5 Å². The maximum atomic E-state index is 5.05. The van der Waals surface area contributed by atoms with Gasteiger partial charge in [-0.1, -0.05) is 0 Å². The molecule has 1 aliphatic rings. The zero-order chi connectivity index (χ0) is 7.94. The number of rotatable bonds is 5. The molecule has 4 heteroatoms. The summed E-state index contributed by atoms with van der Waals surface area (Å²) in [6, 6.07) is 0. The number of hydrogen-bond acceptors (Lipinski definition) is 3. The average molecular weight is 155 g/mol. The van der Waals surface area contributed by atoms with Crippen LogP contribution in [-0.4, -0.2) is 26.3 Å². The summed E-state index contributed by atoms with van der Waals surface area (Å²) in [6.07, 6.45) is 4.09. The van der Waals surface area contributed by atoms with Gasteiger partial charge >= 0.3 is 0 Å². The van der Waals surface area contributed by atoms with Crippen LogP contribution in [-0.2, 0) is 9.47 Å². The van der Waals surface area contributed by atoms with Gasteiger partial charge in [0.2, 0.25) is 0 Å². The van der Waals surface area contributed by atoms with Crippen molar-refractivity contribution in [3.05, 3.63) is 12.4 Å². The van der Waals surface area contributed by atoms with E-state index in [2.05, 4.69) is 10.3 Å². The Kier molecular flexibility index (Phi) is 3.64. The van der Waals surface area contributed by atoms with E-state index in [1.165, 1.54) is 0 Å². The lowest BCUT2D eigenvalue weighted by atomic mass is 10.4. The lowest BCUT2D eigenvalue weighted by molar-refractivity contribution is -0.0277. The van der Waals surface area contributed by atoms with Gasteiger partial charge in [-0.15, -0.1) is 0 Å². The smallest absolute Gasteiger partial charge is 0.146 e. The second kappa shape index (κ2) is 4.87. The Morgan fingerprint density at radius 2 is 2.36 bits per heavy atom. The van der Waals surface area contributed by atoms with E-state index in [1.807, 2.05) is 0 Å². The van der Waals surface area contributed by atoms with E-state index in [-0.39, 0.29) is 0 Å². The standard InChI is InChI=1S/C7H11N2O2/c1-10-6-11-5-2-7-8-3-4-9-7/h3-4H,2,5-6H2,1H3. The van der Waals surface area contributed by atoms with Crippen LogP contribution in [0, 0.1) is 0 Å². The molecule has 0 aromatic rings. The summed E-state index contributed by atoms with van der Waals surface area (Å²) in [6.45, 7) is 0.943. The second-order valence-electron chi connectivity index (χ2n) is 2.04. The number of aliphatic imine (C=N–C) groups is 1. The molecule has 0 saturated heterocycles. The molecule has 1 heterocycles. The molecular formula is C7H11N2O2. The molecule has 1 rings (SSSR count). The summed E-state index contributed by atoms with van der Waals surface area (Å²) in [7, 11) is 1.60. The number of nitrogens with zero attached hydrogens (tertiary/aromatic N) is 2. The largest absolute Gasteiger partial charge is 0.359 e. The summed E-state index contributed by atoms with van der Waals surface area (Å²) >= 11 is 0. The van der Waals surface area contributed by atoms with E-state index in [4.69, 9.17) is 9.47 Å². The van der Waals surface area contributed by atoms with Crippen molar-refractivity contribution < 1.29 is 9.47 Å². The molecule has 0 aliphatic carbocycles. The van der Waals surface area contributed by atoms with Crippen LogP contribution in [0.1, 0.15) is 6.42 Å². The molecule has 0 aromatic carbocycles. The first-order chi connectivity index (χ1) is 5.43. The van der Waals surface area contributed by atoms with Crippen LogP contribution >= 0.6 is 0 Å². The topological polar surface area (TPSA) is 44.9 Å². The van der Waals surface area contributed by atoms with Crippen molar-refractivity contribution in [1.82, 2.24) is 5.32 Å².